The van der Waals surface area contributed by atoms with Crippen LogP contribution in [0.15, 0.2) is 10.9 Å². The molecule has 0 spiro atoms. The van der Waals surface area contributed by atoms with Gasteiger partial charge in [0.05, 0.1) is 11.4 Å². The molecule has 0 fully saturated rings. The van der Waals surface area contributed by atoms with Gasteiger partial charge in [-0.25, -0.2) is 4.98 Å². The van der Waals surface area contributed by atoms with Gasteiger partial charge in [0.2, 0.25) is 0 Å². The number of hydrogen-bond acceptors (Lipinski definition) is 4. The molecule has 1 atom stereocenters. The van der Waals surface area contributed by atoms with Crippen LogP contribution < -0.4 is 11.3 Å². The molecule has 1 aromatic rings. The second-order valence-electron chi connectivity index (χ2n) is 3.04. The molecule has 0 saturated heterocycles. The Morgan fingerprint density at radius 3 is 3.00 bits per heavy atom. The Bertz CT molecular complexity index is 348. The fourth-order valence-electron chi connectivity index (χ4n) is 1.03. The Labute approximate surface area is 87.3 Å². The van der Waals surface area contributed by atoms with E-state index in [4.69, 9.17) is 5.73 Å². The first-order valence-corrected chi connectivity index (χ1v) is 5.72. The van der Waals surface area contributed by atoms with E-state index in [9.17, 15) is 4.79 Å². The third-order valence-corrected chi connectivity index (χ3v) is 2.61. The number of aromatic nitrogens is 2. The third kappa shape index (κ3) is 3.16. The van der Waals surface area contributed by atoms with E-state index in [1.54, 1.807) is 11.8 Å². The minimum atomic E-state index is -0.192. The molecule has 1 unspecified atom stereocenters. The molecule has 1 rings (SSSR count). The van der Waals surface area contributed by atoms with Crippen molar-refractivity contribution in [2.45, 2.75) is 25.6 Å². The lowest BCUT2D eigenvalue weighted by atomic mass is 10.2. The van der Waals surface area contributed by atoms with Crippen molar-refractivity contribution in [2.75, 3.05) is 5.75 Å². The van der Waals surface area contributed by atoms with Gasteiger partial charge in [0.15, 0.2) is 0 Å². The Kier molecular flexibility index (Phi) is 4.16. The van der Waals surface area contributed by atoms with E-state index >= 15 is 0 Å². The SMILES string of the molecule is CCSCc1nc(C(C)N)cc(=O)[nH]1. The standard InChI is InChI=1S/C9H15N3OS/c1-3-14-5-8-11-7(6(2)10)4-9(13)12-8/h4,6H,3,5,10H2,1-2H3,(H,11,12,13). The molecule has 14 heavy (non-hydrogen) atoms. The minimum Gasteiger partial charge on any atom is -0.323 e. The van der Waals surface area contributed by atoms with Gasteiger partial charge in [0.1, 0.15) is 5.82 Å². The van der Waals surface area contributed by atoms with Crippen LogP contribution in [-0.4, -0.2) is 15.7 Å². The van der Waals surface area contributed by atoms with Crippen LogP contribution in [0.3, 0.4) is 0 Å². The number of nitrogens with two attached hydrogens (primary N) is 1. The maximum absolute atomic E-state index is 11.2. The van der Waals surface area contributed by atoms with Gasteiger partial charge < -0.3 is 10.7 Å². The smallest absolute Gasteiger partial charge is 0.251 e. The lowest BCUT2D eigenvalue weighted by Crippen LogP contribution is -2.17. The summed E-state index contributed by atoms with van der Waals surface area (Å²) in [5.74, 6) is 2.44. The van der Waals surface area contributed by atoms with E-state index in [2.05, 4.69) is 16.9 Å². The van der Waals surface area contributed by atoms with Crippen LogP contribution in [0.1, 0.15) is 31.4 Å². The number of rotatable bonds is 4. The van der Waals surface area contributed by atoms with Crippen LogP contribution in [0.4, 0.5) is 0 Å². The lowest BCUT2D eigenvalue weighted by molar-refractivity contribution is 0.759. The second kappa shape index (κ2) is 5.17. The normalized spacial score (nSPS) is 12.8. The van der Waals surface area contributed by atoms with Crippen molar-refractivity contribution >= 4 is 11.8 Å². The zero-order valence-corrected chi connectivity index (χ0v) is 9.23. The van der Waals surface area contributed by atoms with E-state index in [0.717, 1.165) is 11.5 Å². The van der Waals surface area contributed by atoms with Crippen LogP contribution in [-0.2, 0) is 5.75 Å². The van der Waals surface area contributed by atoms with Gasteiger partial charge in [-0.2, -0.15) is 11.8 Å². The van der Waals surface area contributed by atoms with E-state index in [-0.39, 0.29) is 11.6 Å². The summed E-state index contributed by atoms with van der Waals surface area (Å²) in [6.45, 7) is 3.89. The van der Waals surface area contributed by atoms with Crippen molar-refractivity contribution in [1.29, 1.82) is 0 Å². The molecule has 5 heteroatoms. The van der Waals surface area contributed by atoms with Gasteiger partial charge in [-0.1, -0.05) is 6.92 Å². The maximum Gasteiger partial charge on any atom is 0.251 e. The molecule has 0 bridgehead atoms. The van der Waals surface area contributed by atoms with Crippen LogP contribution in [0.2, 0.25) is 0 Å². The molecule has 4 nitrogen and oxygen atoms in total. The molecule has 0 radical (unpaired) electrons. The van der Waals surface area contributed by atoms with Gasteiger partial charge in [0.25, 0.3) is 5.56 Å². The van der Waals surface area contributed by atoms with Crippen molar-refractivity contribution in [3.63, 3.8) is 0 Å². The zero-order chi connectivity index (χ0) is 10.6. The highest BCUT2D eigenvalue weighted by molar-refractivity contribution is 7.98. The van der Waals surface area contributed by atoms with E-state index in [0.29, 0.717) is 11.5 Å². The third-order valence-electron chi connectivity index (χ3n) is 1.72. The summed E-state index contributed by atoms with van der Waals surface area (Å²) >= 11 is 1.72. The molecular weight excluding hydrogens is 198 g/mol. The highest BCUT2D eigenvalue weighted by Crippen LogP contribution is 2.08. The molecule has 0 amide bonds. The van der Waals surface area contributed by atoms with E-state index < -0.39 is 0 Å². The summed E-state index contributed by atoms with van der Waals surface area (Å²) in [5.41, 5.74) is 6.19. The fourth-order valence-corrected chi connectivity index (χ4v) is 1.56. The largest absolute Gasteiger partial charge is 0.323 e. The van der Waals surface area contributed by atoms with Crippen LogP contribution in [0.5, 0.6) is 0 Å². The number of H-pyrrole nitrogens is 1. The summed E-state index contributed by atoms with van der Waals surface area (Å²) in [4.78, 5) is 18.2. The summed E-state index contributed by atoms with van der Waals surface area (Å²) in [6, 6.07) is 1.26. The molecule has 1 aromatic heterocycles. The van der Waals surface area contributed by atoms with Crippen molar-refractivity contribution in [1.82, 2.24) is 9.97 Å². The first-order chi connectivity index (χ1) is 6.63. The number of thioether (sulfide) groups is 1. The zero-order valence-electron chi connectivity index (χ0n) is 8.41. The van der Waals surface area contributed by atoms with Gasteiger partial charge in [-0.15, -0.1) is 0 Å². The minimum absolute atomic E-state index is 0.126. The average Bonchev–Trinajstić information content (AvgIpc) is 2.14. The van der Waals surface area contributed by atoms with Gasteiger partial charge >= 0.3 is 0 Å². The van der Waals surface area contributed by atoms with Gasteiger partial charge in [0, 0.05) is 12.1 Å². The van der Waals surface area contributed by atoms with Gasteiger partial charge in [-0.3, -0.25) is 4.79 Å². The first kappa shape index (κ1) is 11.3. The quantitative estimate of drug-likeness (QED) is 0.784. The second-order valence-corrected chi connectivity index (χ2v) is 4.32. The Morgan fingerprint density at radius 2 is 2.43 bits per heavy atom. The molecule has 0 aliphatic carbocycles. The Balaban J connectivity index is 2.90. The number of nitrogens with one attached hydrogen (secondary N) is 1. The first-order valence-electron chi connectivity index (χ1n) is 4.57. The monoisotopic (exact) mass is 213 g/mol. The van der Waals surface area contributed by atoms with E-state index in [1.807, 2.05) is 6.92 Å². The molecule has 0 aliphatic rings. The molecule has 3 N–H and O–H groups in total. The molecule has 78 valence electrons. The van der Waals surface area contributed by atoms with Crippen LogP contribution in [0, 0.1) is 0 Å². The summed E-state index contributed by atoms with van der Waals surface area (Å²) in [6.07, 6.45) is 0. The maximum atomic E-state index is 11.2. The van der Waals surface area contributed by atoms with E-state index in [1.165, 1.54) is 6.07 Å². The lowest BCUT2D eigenvalue weighted by Gasteiger charge is -2.05. The Hall–Kier alpha value is -0.810. The highest BCUT2D eigenvalue weighted by atomic mass is 32.2. The van der Waals surface area contributed by atoms with Crippen LogP contribution >= 0.6 is 11.8 Å². The van der Waals surface area contributed by atoms with Crippen molar-refractivity contribution in [3.8, 4) is 0 Å². The predicted molar refractivity (Wildman–Crippen MR) is 59.3 cm³/mol. The molecule has 1 heterocycles. The van der Waals surface area contributed by atoms with Gasteiger partial charge in [-0.05, 0) is 12.7 Å². The average molecular weight is 213 g/mol. The van der Waals surface area contributed by atoms with Crippen molar-refractivity contribution in [2.24, 2.45) is 5.73 Å². The number of nitrogens with zero attached hydrogens (tertiary/aromatic N) is 1. The summed E-state index contributed by atoms with van der Waals surface area (Å²) in [5, 5.41) is 0. The topological polar surface area (TPSA) is 71.8 Å². The van der Waals surface area contributed by atoms with Crippen molar-refractivity contribution < 1.29 is 0 Å². The number of aromatic amines is 1. The molecule has 0 aromatic carbocycles. The summed E-state index contributed by atoms with van der Waals surface area (Å²) in [7, 11) is 0. The Morgan fingerprint density at radius 1 is 1.71 bits per heavy atom. The van der Waals surface area contributed by atoms with Crippen molar-refractivity contribution in [3.05, 3.63) is 27.9 Å². The molecular formula is C9H15N3OS. The number of hydrogen-bond donors (Lipinski definition) is 2. The molecule has 0 saturated carbocycles. The fraction of sp³-hybridized carbons (Fsp3) is 0.556. The molecule has 0 aliphatic heterocycles. The van der Waals surface area contributed by atoms with Crippen LogP contribution in [0.25, 0.3) is 0 Å². The summed E-state index contributed by atoms with van der Waals surface area (Å²) < 4.78 is 0. The predicted octanol–water partition coefficient (Wildman–Crippen LogP) is 1.04. The highest BCUT2D eigenvalue weighted by Gasteiger charge is 2.04.